The number of carbonyl (C=O) groups is 2. The first kappa shape index (κ1) is 22.4. The second kappa shape index (κ2) is 10.0. The molecule has 156 valence electrons. The predicted molar refractivity (Wildman–Crippen MR) is 109 cm³/mol. The van der Waals surface area contributed by atoms with Gasteiger partial charge in [0.2, 0.25) is 15.9 Å². The van der Waals surface area contributed by atoms with Crippen molar-refractivity contribution in [2.75, 3.05) is 27.2 Å². The topological polar surface area (TPSA) is 105 Å². The highest BCUT2D eigenvalue weighted by molar-refractivity contribution is 7.89. The van der Waals surface area contributed by atoms with Gasteiger partial charge in [-0.2, -0.15) is 0 Å². The largest absolute Gasteiger partial charge is 0.493 e. The van der Waals surface area contributed by atoms with Gasteiger partial charge in [0.05, 0.1) is 23.6 Å². The van der Waals surface area contributed by atoms with Crippen molar-refractivity contribution in [1.29, 1.82) is 0 Å². The van der Waals surface area contributed by atoms with Crippen molar-refractivity contribution < 1.29 is 22.7 Å². The summed E-state index contributed by atoms with van der Waals surface area (Å²) in [7, 11) is -0.563. The van der Waals surface area contributed by atoms with Crippen LogP contribution in [0.2, 0.25) is 0 Å². The Morgan fingerprint density at radius 2 is 1.66 bits per heavy atom. The molecule has 0 saturated heterocycles. The molecule has 0 unspecified atom stereocenters. The molecule has 0 aliphatic rings. The average Bonchev–Trinajstić information content (AvgIpc) is 2.71. The Morgan fingerprint density at radius 3 is 2.28 bits per heavy atom. The van der Waals surface area contributed by atoms with E-state index in [2.05, 4.69) is 10.6 Å². The van der Waals surface area contributed by atoms with Gasteiger partial charge in [-0.15, -0.1) is 0 Å². The summed E-state index contributed by atoms with van der Waals surface area (Å²) in [4.78, 5) is 24.5. The zero-order valence-corrected chi connectivity index (χ0v) is 17.5. The van der Waals surface area contributed by atoms with Crippen molar-refractivity contribution in [3.8, 4) is 5.75 Å². The molecule has 0 aliphatic heterocycles. The average molecular weight is 420 g/mol. The van der Waals surface area contributed by atoms with E-state index in [0.29, 0.717) is 17.9 Å². The lowest BCUT2D eigenvalue weighted by molar-refractivity contribution is -0.120. The lowest BCUT2D eigenvalue weighted by atomic mass is 10.2. The summed E-state index contributed by atoms with van der Waals surface area (Å²) in [6, 6.07) is 13.1. The van der Waals surface area contributed by atoms with Crippen LogP contribution < -0.4 is 15.4 Å². The number of sulfonamides is 1. The summed E-state index contributed by atoms with van der Waals surface area (Å²) in [5, 5.41) is 5.24. The van der Waals surface area contributed by atoms with Gasteiger partial charge in [-0.05, 0) is 36.8 Å². The van der Waals surface area contributed by atoms with Crippen LogP contribution in [-0.4, -0.2) is 51.8 Å². The number of nitrogens with zero attached hydrogens (tertiary/aromatic N) is 1. The number of nitrogens with one attached hydrogen (secondary N) is 2. The summed E-state index contributed by atoms with van der Waals surface area (Å²) in [6.45, 7) is 2.28. The fraction of sp³-hybridized carbons (Fsp3) is 0.300. The molecule has 2 aromatic carbocycles. The minimum Gasteiger partial charge on any atom is -0.493 e. The van der Waals surface area contributed by atoms with Crippen molar-refractivity contribution in [2.24, 2.45) is 0 Å². The third kappa shape index (κ3) is 6.03. The van der Waals surface area contributed by atoms with Crippen molar-refractivity contribution in [2.45, 2.75) is 18.4 Å². The number of carbonyl (C=O) groups excluding carboxylic acids is 2. The summed E-state index contributed by atoms with van der Waals surface area (Å²) >= 11 is 0. The van der Waals surface area contributed by atoms with E-state index in [-0.39, 0.29) is 23.9 Å². The molecular formula is C20H25N3O5S. The van der Waals surface area contributed by atoms with Crippen LogP contribution in [-0.2, 0) is 21.4 Å². The van der Waals surface area contributed by atoms with Crippen LogP contribution in [0.15, 0.2) is 53.4 Å². The molecule has 0 aliphatic carbocycles. The molecular weight excluding hydrogens is 394 g/mol. The number of benzene rings is 2. The van der Waals surface area contributed by atoms with Crippen molar-refractivity contribution in [3.05, 3.63) is 59.7 Å². The molecule has 2 amide bonds. The summed E-state index contributed by atoms with van der Waals surface area (Å²) in [6.07, 6.45) is 0. The van der Waals surface area contributed by atoms with E-state index in [1.807, 2.05) is 6.92 Å². The first-order valence-electron chi connectivity index (χ1n) is 9.04. The van der Waals surface area contributed by atoms with E-state index < -0.39 is 15.9 Å². The van der Waals surface area contributed by atoms with Crippen molar-refractivity contribution in [3.63, 3.8) is 0 Å². The molecule has 29 heavy (non-hydrogen) atoms. The van der Waals surface area contributed by atoms with E-state index >= 15 is 0 Å². The minimum absolute atomic E-state index is 0.179. The van der Waals surface area contributed by atoms with Crippen LogP contribution in [0.3, 0.4) is 0 Å². The van der Waals surface area contributed by atoms with Crippen molar-refractivity contribution >= 4 is 21.8 Å². The fourth-order valence-electron chi connectivity index (χ4n) is 2.44. The molecule has 0 aromatic heterocycles. The summed E-state index contributed by atoms with van der Waals surface area (Å²) < 4.78 is 30.6. The summed E-state index contributed by atoms with van der Waals surface area (Å²) in [5.74, 6) is -0.305. The van der Waals surface area contributed by atoms with Gasteiger partial charge >= 0.3 is 0 Å². The standard InChI is InChI=1S/C20H25N3O5S/c1-4-28-18-8-6-5-7-17(18)20(25)22-14-19(24)21-13-15-9-11-16(12-10-15)29(26,27)23(2)3/h5-12H,4,13-14H2,1-3H3,(H,21,24)(H,22,25). The van der Waals surface area contributed by atoms with Gasteiger partial charge < -0.3 is 15.4 Å². The second-order valence-corrected chi connectivity index (χ2v) is 8.47. The molecule has 0 radical (unpaired) electrons. The van der Waals surface area contributed by atoms with Gasteiger partial charge in [0, 0.05) is 20.6 Å². The molecule has 8 nitrogen and oxygen atoms in total. The van der Waals surface area contributed by atoms with Gasteiger partial charge in [0.25, 0.3) is 5.91 Å². The number of amides is 2. The fourth-order valence-corrected chi connectivity index (χ4v) is 3.35. The molecule has 0 bridgehead atoms. The van der Waals surface area contributed by atoms with Crippen LogP contribution in [0.5, 0.6) is 5.75 Å². The first-order chi connectivity index (χ1) is 13.8. The Morgan fingerprint density at radius 1 is 1.00 bits per heavy atom. The second-order valence-electron chi connectivity index (χ2n) is 6.32. The molecule has 0 spiro atoms. The Labute approximate surface area is 170 Å². The molecule has 0 heterocycles. The maximum absolute atomic E-state index is 12.3. The van der Waals surface area contributed by atoms with E-state index in [9.17, 15) is 18.0 Å². The number of hydrogen-bond donors (Lipinski definition) is 2. The van der Waals surface area contributed by atoms with Gasteiger partial charge in [0.15, 0.2) is 0 Å². The van der Waals surface area contributed by atoms with Crippen LogP contribution in [0.1, 0.15) is 22.8 Å². The van der Waals surface area contributed by atoms with E-state index in [4.69, 9.17) is 4.74 Å². The zero-order chi connectivity index (χ0) is 21.4. The SMILES string of the molecule is CCOc1ccccc1C(=O)NCC(=O)NCc1ccc(S(=O)(=O)N(C)C)cc1. The van der Waals surface area contributed by atoms with Crippen LogP contribution in [0.4, 0.5) is 0 Å². The molecule has 0 atom stereocenters. The van der Waals surface area contributed by atoms with E-state index in [1.165, 1.54) is 26.2 Å². The maximum atomic E-state index is 12.3. The number of para-hydroxylation sites is 1. The van der Waals surface area contributed by atoms with Gasteiger partial charge in [0.1, 0.15) is 5.75 Å². The van der Waals surface area contributed by atoms with Gasteiger partial charge in [-0.3, -0.25) is 9.59 Å². The normalized spacial score (nSPS) is 11.2. The molecule has 2 rings (SSSR count). The highest BCUT2D eigenvalue weighted by atomic mass is 32.2. The molecule has 9 heteroatoms. The van der Waals surface area contributed by atoms with Gasteiger partial charge in [-0.25, -0.2) is 12.7 Å². The Balaban J connectivity index is 1.87. The number of hydrogen-bond acceptors (Lipinski definition) is 5. The first-order valence-corrected chi connectivity index (χ1v) is 10.5. The van der Waals surface area contributed by atoms with Gasteiger partial charge in [-0.1, -0.05) is 24.3 Å². The summed E-state index contributed by atoms with van der Waals surface area (Å²) in [5.41, 5.74) is 1.10. The van der Waals surface area contributed by atoms with Crippen LogP contribution in [0, 0.1) is 0 Å². The lowest BCUT2D eigenvalue weighted by Crippen LogP contribution is -2.36. The van der Waals surface area contributed by atoms with E-state index in [0.717, 1.165) is 9.87 Å². The quantitative estimate of drug-likeness (QED) is 0.639. The Bertz CT molecular complexity index is 956. The Kier molecular flexibility index (Phi) is 7.74. The number of ether oxygens (including phenoxy) is 1. The zero-order valence-electron chi connectivity index (χ0n) is 16.6. The predicted octanol–water partition coefficient (Wildman–Crippen LogP) is 1.38. The van der Waals surface area contributed by atoms with Crippen molar-refractivity contribution in [1.82, 2.24) is 14.9 Å². The molecule has 2 N–H and O–H groups in total. The van der Waals surface area contributed by atoms with E-state index in [1.54, 1.807) is 36.4 Å². The number of rotatable bonds is 9. The smallest absolute Gasteiger partial charge is 0.255 e. The minimum atomic E-state index is -3.49. The maximum Gasteiger partial charge on any atom is 0.255 e. The molecule has 2 aromatic rings. The highest BCUT2D eigenvalue weighted by Crippen LogP contribution is 2.17. The van der Waals surface area contributed by atoms with Crippen LogP contribution in [0.25, 0.3) is 0 Å². The Hall–Kier alpha value is -2.91. The lowest BCUT2D eigenvalue weighted by Gasteiger charge is -2.12. The third-order valence-corrected chi connectivity index (χ3v) is 5.86. The molecule has 0 saturated carbocycles. The highest BCUT2D eigenvalue weighted by Gasteiger charge is 2.17. The third-order valence-electron chi connectivity index (χ3n) is 4.03. The van der Waals surface area contributed by atoms with Crippen LogP contribution >= 0.6 is 0 Å². The monoisotopic (exact) mass is 419 g/mol. The molecule has 0 fully saturated rings.